The highest BCUT2D eigenvalue weighted by molar-refractivity contribution is 7.99. The third-order valence-corrected chi connectivity index (χ3v) is 6.63. The second-order valence-electron chi connectivity index (χ2n) is 7.43. The predicted molar refractivity (Wildman–Crippen MR) is 114 cm³/mol. The number of thioether (sulfide) groups is 1. The summed E-state index contributed by atoms with van der Waals surface area (Å²) in [5.74, 6) is -1.38. The van der Waals surface area contributed by atoms with Crippen molar-refractivity contribution in [2.45, 2.75) is 41.6 Å². The molecule has 1 aliphatic heterocycles. The second kappa shape index (κ2) is 9.42. The number of hydrogen-bond donors (Lipinski definition) is 3. The van der Waals surface area contributed by atoms with E-state index < -0.39 is 48.0 Å². The summed E-state index contributed by atoms with van der Waals surface area (Å²) in [4.78, 5) is 4.62. The van der Waals surface area contributed by atoms with Crippen LogP contribution in [0.4, 0.5) is 8.78 Å². The number of pyridine rings is 1. The van der Waals surface area contributed by atoms with Gasteiger partial charge in [0.25, 0.3) is 0 Å². The van der Waals surface area contributed by atoms with Gasteiger partial charge < -0.3 is 20.1 Å². The Bertz CT molecular complexity index is 1100. The van der Waals surface area contributed by atoms with Crippen LogP contribution in [0.1, 0.15) is 11.6 Å². The summed E-state index contributed by atoms with van der Waals surface area (Å²) >= 11 is 7.10. The SMILES string of the molecule is Cc1c(F)cc(-c2cnn([C@@H]3[C@@H](O)[C@@H](Sc4cncc(Cl)c4)O[C@H](CO)[C@@H]3O)c2)cc1F. The number of aliphatic hydroxyl groups excluding tert-OH is 3. The molecule has 2 aromatic heterocycles. The first-order valence-electron chi connectivity index (χ1n) is 9.68. The van der Waals surface area contributed by atoms with Crippen molar-refractivity contribution in [3.63, 3.8) is 0 Å². The smallest absolute Gasteiger partial charge is 0.136 e. The number of hydrogen-bond acceptors (Lipinski definition) is 7. The van der Waals surface area contributed by atoms with E-state index in [9.17, 15) is 24.1 Å². The van der Waals surface area contributed by atoms with E-state index in [1.165, 1.54) is 42.3 Å². The van der Waals surface area contributed by atoms with Gasteiger partial charge in [-0.3, -0.25) is 9.67 Å². The molecule has 3 heterocycles. The molecule has 11 heteroatoms. The molecule has 0 spiro atoms. The van der Waals surface area contributed by atoms with E-state index in [4.69, 9.17) is 16.3 Å². The van der Waals surface area contributed by atoms with Crippen LogP contribution in [0.5, 0.6) is 0 Å². The van der Waals surface area contributed by atoms with Crippen LogP contribution in [0.15, 0.2) is 47.9 Å². The monoisotopic (exact) mass is 483 g/mol. The maximum absolute atomic E-state index is 14.0. The summed E-state index contributed by atoms with van der Waals surface area (Å²) in [6, 6.07) is 3.05. The van der Waals surface area contributed by atoms with E-state index in [0.717, 1.165) is 11.8 Å². The largest absolute Gasteiger partial charge is 0.394 e. The predicted octanol–water partition coefficient (Wildman–Crippen LogP) is 2.96. The normalized spacial score (nSPS) is 25.8. The molecule has 0 amide bonds. The summed E-state index contributed by atoms with van der Waals surface area (Å²) in [7, 11) is 0. The van der Waals surface area contributed by atoms with Gasteiger partial charge in [-0.2, -0.15) is 5.10 Å². The lowest BCUT2D eigenvalue weighted by atomic mass is 9.97. The Morgan fingerprint density at radius 2 is 1.81 bits per heavy atom. The van der Waals surface area contributed by atoms with Gasteiger partial charge in [-0.05, 0) is 30.7 Å². The zero-order valence-corrected chi connectivity index (χ0v) is 18.3. The zero-order valence-electron chi connectivity index (χ0n) is 16.8. The van der Waals surface area contributed by atoms with Gasteiger partial charge in [0.1, 0.15) is 41.4 Å². The van der Waals surface area contributed by atoms with Crippen molar-refractivity contribution in [2.75, 3.05) is 6.61 Å². The summed E-state index contributed by atoms with van der Waals surface area (Å²) in [6.45, 7) is 0.854. The molecular formula is C21H20ClF2N3O4S. The molecule has 0 bridgehead atoms. The lowest BCUT2D eigenvalue weighted by Gasteiger charge is -2.42. The van der Waals surface area contributed by atoms with Crippen LogP contribution in [0.25, 0.3) is 11.1 Å². The van der Waals surface area contributed by atoms with Crippen LogP contribution in [0.2, 0.25) is 5.02 Å². The lowest BCUT2D eigenvalue weighted by molar-refractivity contribution is -0.178. The van der Waals surface area contributed by atoms with Crippen molar-refractivity contribution in [1.82, 2.24) is 14.8 Å². The van der Waals surface area contributed by atoms with Crippen LogP contribution in [-0.2, 0) is 4.74 Å². The average molecular weight is 484 g/mol. The van der Waals surface area contributed by atoms with Crippen molar-refractivity contribution in [2.24, 2.45) is 0 Å². The Hall–Kier alpha value is -2.08. The molecule has 0 radical (unpaired) electrons. The van der Waals surface area contributed by atoms with Gasteiger partial charge >= 0.3 is 0 Å². The molecule has 32 heavy (non-hydrogen) atoms. The zero-order chi connectivity index (χ0) is 23.0. The van der Waals surface area contributed by atoms with Gasteiger partial charge in [-0.1, -0.05) is 23.4 Å². The van der Waals surface area contributed by atoms with E-state index >= 15 is 0 Å². The van der Waals surface area contributed by atoms with Crippen molar-refractivity contribution in [3.05, 3.63) is 65.2 Å². The summed E-state index contributed by atoms with van der Waals surface area (Å²) in [6.07, 6.45) is 2.36. The van der Waals surface area contributed by atoms with E-state index in [1.807, 2.05) is 0 Å². The van der Waals surface area contributed by atoms with Crippen molar-refractivity contribution >= 4 is 23.4 Å². The maximum atomic E-state index is 14.0. The molecule has 0 saturated carbocycles. The molecule has 3 aromatic rings. The van der Waals surface area contributed by atoms with Gasteiger partial charge in [-0.15, -0.1) is 0 Å². The molecule has 0 unspecified atom stereocenters. The summed E-state index contributed by atoms with van der Waals surface area (Å²) in [5, 5.41) is 36.0. The number of aliphatic hydroxyl groups is 3. The molecular weight excluding hydrogens is 464 g/mol. The number of benzene rings is 1. The van der Waals surface area contributed by atoms with Crippen LogP contribution < -0.4 is 0 Å². The third kappa shape index (κ3) is 4.52. The van der Waals surface area contributed by atoms with E-state index in [0.29, 0.717) is 15.5 Å². The van der Waals surface area contributed by atoms with Crippen molar-refractivity contribution < 1.29 is 28.8 Å². The average Bonchev–Trinajstić information content (AvgIpc) is 3.23. The van der Waals surface area contributed by atoms with Crippen LogP contribution in [-0.4, -0.2) is 60.4 Å². The molecule has 4 rings (SSSR count). The molecule has 3 N–H and O–H groups in total. The standard InChI is InChI=1S/C21H20ClF2N3O4S/c1-10-15(23)2-11(3-16(10)24)12-5-26-27(8-12)18-19(29)17(9-28)31-21(20(18)30)32-14-4-13(22)6-25-7-14/h2-8,17-21,28-30H,9H2,1H3/t17-,18+,19+,20-,21-/m1/s1. The Labute approximate surface area is 191 Å². The molecule has 1 aromatic carbocycles. The molecule has 170 valence electrons. The number of halogens is 3. The van der Waals surface area contributed by atoms with Gasteiger partial charge in [-0.25, -0.2) is 8.78 Å². The molecule has 1 aliphatic rings. The molecule has 0 aliphatic carbocycles. The van der Waals surface area contributed by atoms with Crippen molar-refractivity contribution in [3.8, 4) is 11.1 Å². The number of nitrogens with zero attached hydrogens (tertiary/aromatic N) is 3. The minimum atomic E-state index is -1.29. The number of rotatable bonds is 5. The van der Waals surface area contributed by atoms with Gasteiger partial charge in [0.05, 0.1) is 17.8 Å². The van der Waals surface area contributed by atoms with E-state index in [-0.39, 0.29) is 11.1 Å². The Kier molecular flexibility index (Phi) is 6.80. The number of aromatic nitrogens is 3. The third-order valence-electron chi connectivity index (χ3n) is 5.30. The Morgan fingerprint density at radius 3 is 2.47 bits per heavy atom. The molecule has 7 nitrogen and oxygen atoms in total. The first-order chi connectivity index (χ1) is 15.3. The van der Waals surface area contributed by atoms with Crippen LogP contribution in [0, 0.1) is 18.6 Å². The van der Waals surface area contributed by atoms with E-state index in [1.54, 1.807) is 12.3 Å². The Balaban J connectivity index is 1.64. The topological polar surface area (TPSA) is 101 Å². The van der Waals surface area contributed by atoms with Crippen molar-refractivity contribution in [1.29, 1.82) is 0 Å². The molecule has 1 fully saturated rings. The fourth-order valence-corrected chi connectivity index (χ4v) is 4.85. The minimum Gasteiger partial charge on any atom is -0.394 e. The fourth-order valence-electron chi connectivity index (χ4n) is 3.53. The Morgan fingerprint density at radius 1 is 1.09 bits per heavy atom. The molecule has 1 saturated heterocycles. The quantitative estimate of drug-likeness (QED) is 0.513. The van der Waals surface area contributed by atoms with Crippen LogP contribution >= 0.6 is 23.4 Å². The second-order valence-corrected chi connectivity index (χ2v) is 9.04. The van der Waals surface area contributed by atoms with Gasteiger partial charge in [0, 0.05) is 34.6 Å². The number of ether oxygens (including phenoxy) is 1. The lowest BCUT2D eigenvalue weighted by Crippen LogP contribution is -2.54. The highest BCUT2D eigenvalue weighted by Crippen LogP contribution is 2.38. The van der Waals surface area contributed by atoms with Gasteiger partial charge in [0.2, 0.25) is 0 Å². The highest BCUT2D eigenvalue weighted by atomic mass is 35.5. The first-order valence-corrected chi connectivity index (χ1v) is 10.9. The van der Waals surface area contributed by atoms with Crippen LogP contribution in [0.3, 0.4) is 0 Å². The fraction of sp³-hybridized carbons (Fsp3) is 0.333. The highest BCUT2D eigenvalue weighted by Gasteiger charge is 2.46. The molecule has 5 atom stereocenters. The van der Waals surface area contributed by atoms with Gasteiger partial charge in [0.15, 0.2) is 0 Å². The summed E-state index contributed by atoms with van der Waals surface area (Å²) in [5.41, 5.74) is -0.291. The first kappa shape index (κ1) is 23.1. The minimum absolute atomic E-state index is 0.0856. The summed E-state index contributed by atoms with van der Waals surface area (Å²) < 4.78 is 35.0. The van der Waals surface area contributed by atoms with E-state index in [2.05, 4.69) is 10.1 Å². The maximum Gasteiger partial charge on any atom is 0.136 e.